The highest BCUT2D eigenvalue weighted by molar-refractivity contribution is 7.88. The first-order valence-corrected chi connectivity index (χ1v) is 10.2. The maximum atomic E-state index is 11.9. The number of non-ortho nitro benzene ring substituents is 1. The van der Waals surface area contributed by atoms with E-state index in [2.05, 4.69) is 15.4 Å². The zero-order chi connectivity index (χ0) is 20.7. The summed E-state index contributed by atoms with van der Waals surface area (Å²) in [4.78, 5) is 22.2. The van der Waals surface area contributed by atoms with Crippen molar-refractivity contribution in [1.29, 1.82) is 0 Å². The number of nitro benzene ring substituents is 1. The average molecular weight is 406 g/mol. The molecule has 0 heterocycles. The molecule has 0 saturated heterocycles. The third kappa shape index (κ3) is 6.97. The van der Waals surface area contributed by atoms with Crippen LogP contribution in [-0.4, -0.2) is 25.4 Å². The summed E-state index contributed by atoms with van der Waals surface area (Å²) in [5.41, 5.74) is 1.62. The number of carbonyl (C=O) groups is 1. The Balaban J connectivity index is 1.88. The lowest BCUT2D eigenvalue weighted by molar-refractivity contribution is -0.384. The van der Waals surface area contributed by atoms with E-state index in [1.165, 1.54) is 18.2 Å². The van der Waals surface area contributed by atoms with Gasteiger partial charge in [-0.2, -0.15) is 0 Å². The summed E-state index contributed by atoms with van der Waals surface area (Å²) in [5, 5.41) is 15.9. The molecule has 10 heteroatoms. The first-order chi connectivity index (χ1) is 13.1. The van der Waals surface area contributed by atoms with E-state index in [4.69, 9.17) is 0 Å². The molecule has 0 atom stereocenters. The van der Waals surface area contributed by atoms with Gasteiger partial charge in [-0.1, -0.05) is 30.3 Å². The molecule has 0 aliphatic rings. The molecule has 0 saturated carbocycles. The summed E-state index contributed by atoms with van der Waals surface area (Å²) in [7, 11) is -3.39. The maximum absolute atomic E-state index is 11.9. The van der Waals surface area contributed by atoms with Crippen LogP contribution in [-0.2, 0) is 22.3 Å². The van der Waals surface area contributed by atoms with Gasteiger partial charge in [0.25, 0.3) is 5.69 Å². The van der Waals surface area contributed by atoms with E-state index in [0.29, 0.717) is 11.3 Å². The number of anilines is 1. The number of carbonyl (C=O) groups excluding carboxylic acids is 1. The summed E-state index contributed by atoms with van der Waals surface area (Å²) < 4.78 is 26.4. The van der Waals surface area contributed by atoms with Crippen molar-refractivity contribution in [2.24, 2.45) is 0 Å². The Morgan fingerprint density at radius 2 is 1.75 bits per heavy atom. The topological polar surface area (TPSA) is 130 Å². The SMILES string of the molecule is CC(C)NS(=O)(=O)Cc1ccc(CNC(=O)Nc2cccc([N+](=O)[O-])c2)cc1. The normalized spacial score (nSPS) is 11.2. The highest BCUT2D eigenvalue weighted by Crippen LogP contribution is 2.16. The molecular formula is C18H22N4O5S. The van der Waals surface area contributed by atoms with E-state index in [-0.39, 0.29) is 24.0 Å². The van der Waals surface area contributed by atoms with Crippen molar-refractivity contribution in [1.82, 2.24) is 10.0 Å². The van der Waals surface area contributed by atoms with Crippen LogP contribution in [0.3, 0.4) is 0 Å². The van der Waals surface area contributed by atoms with E-state index in [9.17, 15) is 23.3 Å². The van der Waals surface area contributed by atoms with Crippen LogP contribution in [0.25, 0.3) is 0 Å². The summed E-state index contributed by atoms with van der Waals surface area (Å²) in [6.45, 7) is 3.73. The van der Waals surface area contributed by atoms with Crippen LogP contribution in [0.1, 0.15) is 25.0 Å². The second-order valence-electron chi connectivity index (χ2n) is 6.46. The van der Waals surface area contributed by atoms with Gasteiger partial charge in [0.05, 0.1) is 10.7 Å². The van der Waals surface area contributed by atoms with E-state index < -0.39 is 21.0 Å². The largest absolute Gasteiger partial charge is 0.334 e. The summed E-state index contributed by atoms with van der Waals surface area (Å²) >= 11 is 0. The summed E-state index contributed by atoms with van der Waals surface area (Å²) in [6, 6.07) is 11.8. The molecule has 9 nitrogen and oxygen atoms in total. The zero-order valence-corrected chi connectivity index (χ0v) is 16.3. The molecule has 3 N–H and O–H groups in total. The van der Waals surface area contributed by atoms with Crippen molar-refractivity contribution in [3.63, 3.8) is 0 Å². The Kier molecular flexibility index (Phi) is 7.07. The number of hydrogen-bond donors (Lipinski definition) is 3. The smallest absolute Gasteiger partial charge is 0.319 e. The Labute approximate surface area is 163 Å². The van der Waals surface area contributed by atoms with Crippen LogP contribution in [0.4, 0.5) is 16.2 Å². The highest BCUT2D eigenvalue weighted by Gasteiger charge is 2.13. The number of nitrogens with zero attached hydrogens (tertiary/aromatic N) is 1. The molecule has 2 aromatic carbocycles. The molecule has 0 bridgehead atoms. The van der Waals surface area contributed by atoms with Crippen molar-refractivity contribution >= 4 is 27.4 Å². The number of amides is 2. The fraction of sp³-hybridized carbons (Fsp3) is 0.278. The minimum atomic E-state index is -3.39. The van der Waals surface area contributed by atoms with Gasteiger partial charge in [-0.15, -0.1) is 0 Å². The van der Waals surface area contributed by atoms with Crippen LogP contribution in [0, 0.1) is 10.1 Å². The minimum Gasteiger partial charge on any atom is -0.334 e. The van der Waals surface area contributed by atoms with Gasteiger partial charge < -0.3 is 10.6 Å². The van der Waals surface area contributed by atoms with Crippen LogP contribution >= 0.6 is 0 Å². The molecule has 0 radical (unpaired) electrons. The lowest BCUT2D eigenvalue weighted by Crippen LogP contribution is -2.31. The third-order valence-corrected chi connectivity index (χ3v) is 5.11. The molecule has 2 rings (SSSR count). The lowest BCUT2D eigenvalue weighted by Gasteiger charge is -2.10. The third-order valence-electron chi connectivity index (χ3n) is 3.56. The molecule has 28 heavy (non-hydrogen) atoms. The van der Waals surface area contributed by atoms with Gasteiger partial charge >= 0.3 is 6.03 Å². The molecule has 0 aliphatic carbocycles. The van der Waals surface area contributed by atoms with Gasteiger partial charge in [-0.3, -0.25) is 10.1 Å². The van der Waals surface area contributed by atoms with Crippen molar-refractivity contribution in [2.75, 3.05) is 5.32 Å². The Bertz CT molecular complexity index is 943. The monoisotopic (exact) mass is 406 g/mol. The molecular weight excluding hydrogens is 384 g/mol. The van der Waals surface area contributed by atoms with Crippen LogP contribution in [0.15, 0.2) is 48.5 Å². The molecule has 0 fully saturated rings. The van der Waals surface area contributed by atoms with E-state index in [1.807, 2.05) is 0 Å². The van der Waals surface area contributed by atoms with Crippen molar-refractivity contribution < 1.29 is 18.1 Å². The highest BCUT2D eigenvalue weighted by atomic mass is 32.2. The molecule has 2 aromatic rings. The molecule has 0 aromatic heterocycles. The number of hydrogen-bond acceptors (Lipinski definition) is 5. The lowest BCUT2D eigenvalue weighted by atomic mass is 10.1. The van der Waals surface area contributed by atoms with E-state index in [0.717, 1.165) is 5.56 Å². The quantitative estimate of drug-likeness (QED) is 0.458. The Morgan fingerprint density at radius 1 is 1.11 bits per heavy atom. The minimum absolute atomic E-state index is 0.115. The molecule has 0 unspecified atom stereocenters. The second kappa shape index (κ2) is 9.29. The first kappa shape index (κ1) is 21.3. The van der Waals surface area contributed by atoms with Crippen molar-refractivity contribution in [2.45, 2.75) is 32.2 Å². The number of urea groups is 1. The standard InChI is InChI=1S/C18H22N4O5S/c1-13(2)21-28(26,27)12-15-8-6-14(7-9-15)11-19-18(23)20-16-4-3-5-17(10-16)22(24)25/h3-10,13,21H,11-12H2,1-2H3,(H2,19,20,23). The molecule has 2 amide bonds. The van der Waals surface area contributed by atoms with Crippen LogP contribution in [0.2, 0.25) is 0 Å². The van der Waals surface area contributed by atoms with Gasteiger partial charge in [-0.25, -0.2) is 17.9 Å². The number of nitro groups is 1. The van der Waals surface area contributed by atoms with Gasteiger partial charge in [0, 0.05) is 30.4 Å². The number of sulfonamides is 1. The van der Waals surface area contributed by atoms with Gasteiger partial charge in [0.1, 0.15) is 0 Å². The maximum Gasteiger partial charge on any atom is 0.319 e. The van der Waals surface area contributed by atoms with Crippen molar-refractivity contribution in [3.05, 3.63) is 69.8 Å². The predicted octanol–water partition coefficient (Wildman–Crippen LogP) is 2.74. The van der Waals surface area contributed by atoms with Gasteiger partial charge in [-0.05, 0) is 31.0 Å². The van der Waals surface area contributed by atoms with Gasteiger partial charge in [0.2, 0.25) is 10.0 Å². The van der Waals surface area contributed by atoms with Crippen molar-refractivity contribution in [3.8, 4) is 0 Å². The average Bonchev–Trinajstić information content (AvgIpc) is 2.60. The van der Waals surface area contributed by atoms with Gasteiger partial charge in [0.15, 0.2) is 0 Å². The fourth-order valence-electron chi connectivity index (χ4n) is 2.43. The number of nitrogens with one attached hydrogen (secondary N) is 3. The Morgan fingerprint density at radius 3 is 2.36 bits per heavy atom. The van der Waals surface area contributed by atoms with Crippen LogP contribution in [0.5, 0.6) is 0 Å². The van der Waals surface area contributed by atoms with E-state index >= 15 is 0 Å². The van der Waals surface area contributed by atoms with E-state index in [1.54, 1.807) is 44.2 Å². The molecule has 0 spiro atoms. The Hall–Kier alpha value is -2.98. The fourth-order valence-corrected chi connectivity index (χ4v) is 3.86. The first-order valence-electron chi connectivity index (χ1n) is 8.52. The number of benzene rings is 2. The molecule has 150 valence electrons. The summed E-state index contributed by atoms with van der Waals surface area (Å²) in [6.07, 6.45) is 0. The zero-order valence-electron chi connectivity index (χ0n) is 15.5. The predicted molar refractivity (Wildman–Crippen MR) is 106 cm³/mol. The summed E-state index contributed by atoms with van der Waals surface area (Å²) in [5.74, 6) is -0.119. The molecule has 0 aliphatic heterocycles. The van der Waals surface area contributed by atoms with Crippen LogP contribution < -0.4 is 15.4 Å². The number of rotatable bonds is 8. The second-order valence-corrected chi connectivity index (χ2v) is 8.22.